The van der Waals surface area contributed by atoms with Crippen LogP contribution in [0.2, 0.25) is 0 Å². The topological polar surface area (TPSA) is 94.0 Å². The fourth-order valence-electron chi connectivity index (χ4n) is 1.52. The second-order valence-corrected chi connectivity index (χ2v) is 3.89. The molecule has 0 radical (unpaired) electrons. The van der Waals surface area contributed by atoms with Gasteiger partial charge in [0, 0.05) is 5.69 Å². The molecule has 1 heterocycles. The quantitative estimate of drug-likeness (QED) is 0.779. The van der Waals surface area contributed by atoms with E-state index in [-0.39, 0.29) is 18.9 Å². The minimum absolute atomic E-state index is 0.135. The van der Waals surface area contributed by atoms with E-state index in [2.05, 4.69) is 15.5 Å². The van der Waals surface area contributed by atoms with Gasteiger partial charge in [-0.05, 0) is 18.6 Å². The molecular weight excluding hydrogens is 232 g/mol. The summed E-state index contributed by atoms with van der Waals surface area (Å²) in [5.74, 6) is 0.803. The van der Waals surface area contributed by atoms with Crippen LogP contribution in [0.3, 0.4) is 0 Å². The first kappa shape index (κ1) is 12.1. The molecule has 3 N–H and O–H groups in total. The molecule has 0 aliphatic carbocycles. The van der Waals surface area contributed by atoms with Crippen molar-refractivity contribution in [1.82, 2.24) is 15.5 Å². The van der Waals surface area contributed by atoms with E-state index in [1.807, 2.05) is 18.2 Å². The lowest BCUT2D eigenvalue weighted by Gasteiger charge is -2.05. The van der Waals surface area contributed by atoms with Crippen LogP contribution >= 0.6 is 0 Å². The lowest BCUT2D eigenvalue weighted by molar-refractivity contribution is -0.120. The Kier molecular flexibility index (Phi) is 3.57. The molecule has 0 fully saturated rings. The zero-order chi connectivity index (χ0) is 13.0. The molecule has 0 aliphatic rings. The molecule has 0 aliphatic heterocycles. The number of hydrogen-bond donors (Lipinski definition) is 2. The Morgan fingerprint density at radius 3 is 2.89 bits per heavy atom. The Hall–Kier alpha value is -2.37. The van der Waals surface area contributed by atoms with Gasteiger partial charge in [-0.1, -0.05) is 23.4 Å². The van der Waals surface area contributed by atoms with Crippen LogP contribution in [-0.4, -0.2) is 16.0 Å². The number of carbonyl (C=O) groups is 1. The molecule has 0 spiro atoms. The smallest absolute Gasteiger partial charge is 0.246 e. The molecule has 1 aromatic heterocycles. The van der Waals surface area contributed by atoms with Crippen molar-refractivity contribution in [3.8, 4) is 0 Å². The number of benzene rings is 1. The van der Waals surface area contributed by atoms with Crippen LogP contribution in [0.4, 0.5) is 5.69 Å². The third-order valence-electron chi connectivity index (χ3n) is 2.41. The number of carbonyl (C=O) groups excluding carboxylic acids is 1. The van der Waals surface area contributed by atoms with Crippen LogP contribution < -0.4 is 11.1 Å². The fourth-order valence-corrected chi connectivity index (χ4v) is 1.52. The number of hydrogen-bond acceptors (Lipinski definition) is 5. The van der Waals surface area contributed by atoms with Crippen molar-refractivity contribution in [1.29, 1.82) is 0 Å². The van der Waals surface area contributed by atoms with E-state index in [0.717, 1.165) is 5.56 Å². The number of aromatic nitrogens is 2. The van der Waals surface area contributed by atoms with Gasteiger partial charge in [0.1, 0.15) is 0 Å². The summed E-state index contributed by atoms with van der Waals surface area (Å²) in [7, 11) is 0. The highest BCUT2D eigenvalue weighted by Gasteiger charge is 2.08. The van der Waals surface area contributed by atoms with Gasteiger partial charge in [-0.25, -0.2) is 0 Å². The molecule has 94 valence electrons. The van der Waals surface area contributed by atoms with Crippen LogP contribution in [0, 0.1) is 6.92 Å². The zero-order valence-corrected chi connectivity index (χ0v) is 10.0. The number of nitrogens with zero attached hydrogens (tertiary/aromatic N) is 2. The summed E-state index contributed by atoms with van der Waals surface area (Å²) >= 11 is 0. The molecule has 0 saturated heterocycles. The highest BCUT2D eigenvalue weighted by atomic mass is 16.5. The molecule has 0 unspecified atom stereocenters. The summed E-state index contributed by atoms with van der Waals surface area (Å²) in [5, 5.41) is 6.33. The summed E-state index contributed by atoms with van der Waals surface area (Å²) in [6, 6.07) is 7.27. The van der Waals surface area contributed by atoms with E-state index in [9.17, 15) is 4.79 Å². The number of aryl methyl sites for hydroxylation is 1. The monoisotopic (exact) mass is 246 g/mol. The normalized spacial score (nSPS) is 10.3. The SMILES string of the molecule is Cc1noc(CNC(=O)Cc2ccccc2N)n1. The van der Waals surface area contributed by atoms with Crippen LogP contribution in [0.5, 0.6) is 0 Å². The number of nitrogen functional groups attached to an aromatic ring is 1. The highest BCUT2D eigenvalue weighted by Crippen LogP contribution is 2.10. The van der Waals surface area contributed by atoms with Gasteiger partial charge >= 0.3 is 0 Å². The van der Waals surface area contributed by atoms with Crippen molar-refractivity contribution in [3.05, 3.63) is 41.5 Å². The molecule has 0 bridgehead atoms. The average molecular weight is 246 g/mol. The lowest BCUT2D eigenvalue weighted by Crippen LogP contribution is -2.25. The Morgan fingerprint density at radius 2 is 2.22 bits per heavy atom. The van der Waals surface area contributed by atoms with Crippen LogP contribution in [0.25, 0.3) is 0 Å². The Labute approximate surface area is 104 Å². The predicted molar refractivity (Wildman–Crippen MR) is 65.4 cm³/mol. The van der Waals surface area contributed by atoms with Crippen molar-refractivity contribution in [2.24, 2.45) is 0 Å². The zero-order valence-electron chi connectivity index (χ0n) is 10.0. The van der Waals surface area contributed by atoms with Gasteiger partial charge in [0.25, 0.3) is 0 Å². The lowest BCUT2D eigenvalue weighted by atomic mass is 10.1. The summed E-state index contributed by atoms with van der Waals surface area (Å²) < 4.78 is 4.89. The van der Waals surface area contributed by atoms with Gasteiger partial charge in [-0.3, -0.25) is 4.79 Å². The van der Waals surface area contributed by atoms with Gasteiger partial charge in [-0.2, -0.15) is 4.98 Å². The van der Waals surface area contributed by atoms with E-state index >= 15 is 0 Å². The number of rotatable bonds is 4. The van der Waals surface area contributed by atoms with Gasteiger partial charge in [0.05, 0.1) is 13.0 Å². The van der Waals surface area contributed by atoms with Crippen molar-refractivity contribution < 1.29 is 9.32 Å². The number of nitrogens with two attached hydrogens (primary N) is 1. The van der Waals surface area contributed by atoms with Crippen molar-refractivity contribution in [3.63, 3.8) is 0 Å². The van der Waals surface area contributed by atoms with Crippen LogP contribution in [-0.2, 0) is 17.8 Å². The standard InChI is InChI=1S/C12H14N4O2/c1-8-15-12(18-16-8)7-14-11(17)6-9-4-2-3-5-10(9)13/h2-5H,6-7,13H2,1H3,(H,14,17). The van der Waals surface area contributed by atoms with Gasteiger partial charge < -0.3 is 15.6 Å². The number of nitrogens with one attached hydrogen (secondary N) is 1. The molecular formula is C12H14N4O2. The first-order valence-electron chi connectivity index (χ1n) is 5.54. The maximum absolute atomic E-state index is 11.7. The fraction of sp³-hybridized carbons (Fsp3) is 0.250. The maximum atomic E-state index is 11.7. The molecule has 0 atom stereocenters. The molecule has 2 aromatic rings. The van der Waals surface area contributed by atoms with Gasteiger partial charge in [0.15, 0.2) is 5.82 Å². The summed E-state index contributed by atoms with van der Waals surface area (Å²) in [5.41, 5.74) is 7.17. The molecule has 0 saturated carbocycles. The average Bonchev–Trinajstić information content (AvgIpc) is 2.76. The van der Waals surface area contributed by atoms with Crippen molar-refractivity contribution in [2.75, 3.05) is 5.73 Å². The molecule has 1 amide bonds. The first-order valence-corrected chi connectivity index (χ1v) is 5.54. The number of anilines is 1. The summed E-state index contributed by atoms with van der Waals surface area (Å²) in [6.07, 6.45) is 0.236. The third kappa shape index (κ3) is 3.07. The van der Waals surface area contributed by atoms with Gasteiger partial charge in [-0.15, -0.1) is 0 Å². The maximum Gasteiger partial charge on any atom is 0.246 e. The summed E-state index contributed by atoms with van der Waals surface area (Å²) in [6.45, 7) is 1.95. The van der Waals surface area contributed by atoms with E-state index < -0.39 is 0 Å². The first-order chi connectivity index (χ1) is 8.65. The second kappa shape index (κ2) is 5.31. The van der Waals surface area contributed by atoms with Crippen LogP contribution in [0.1, 0.15) is 17.3 Å². The largest absolute Gasteiger partial charge is 0.398 e. The Bertz CT molecular complexity index is 551. The Morgan fingerprint density at radius 1 is 1.44 bits per heavy atom. The van der Waals surface area contributed by atoms with E-state index in [0.29, 0.717) is 17.4 Å². The second-order valence-electron chi connectivity index (χ2n) is 3.89. The molecule has 6 nitrogen and oxygen atoms in total. The van der Waals surface area contributed by atoms with Crippen LogP contribution in [0.15, 0.2) is 28.8 Å². The number of para-hydroxylation sites is 1. The highest BCUT2D eigenvalue weighted by molar-refractivity contribution is 5.80. The Balaban J connectivity index is 1.88. The van der Waals surface area contributed by atoms with Crippen molar-refractivity contribution in [2.45, 2.75) is 19.9 Å². The van der Waals surface area contributed by atoms with E-state index in [1.165, 1.54) is 0 Å². The third-order valence-corrected chi connectivity index (χ3v) is 2.41. The molecule has 1 aromatic carbocycles. The predicted octanol–water partition coefficient (Wildman–Crippen LogP) is 0.819. The van der Waals surface area contributed by atoms with Crippen molar-refractivity contribution >= 4 is 11.6 Å². The van der Waals surface area contributed by atoms with Gasteiger partial charge in [0.2, 0.25) is 11.8 Å². The molecule has 18 heavy (non-hydrogen) atoms. The molecule has 2 rings (SSSR count). The molecule has 6 heteroatoms. The minimum atomic E-state index is -0.135. The van der Waals surface area contributed by atoms with E-state index in [4.69, 9.17) is 10.3 Å². The summed E-state index contributed by atoms with van der Waals surface area (Å²) in [4.78, 5) is 15.7. The minimum Gasteiger partial charge on any atom is -0.398 e. The van der Waals surface area contributed by atoms with E-state index in [1.54, 1.807) is 13.0 Å². The number of amides is 1.